The Bertz CT molecular complexity index is 474. The number of methoxy groups -OCH3 is 1. The van der Waals surface area contributed by atoms with Crippen molar-refractivity contribution in [3.8, 4) is 0 Å². The quantitative estimate of drug-likeness (QED) is 0.781. The van der Waals surface area contributed by atoms with Gasteiger partial charge in [-0.15, -0.1) is 0 Å². The first kappa shape index (κ1) is 14.7. The molecule has 1 saturated heterocycles. The lowest BCUT2D eigenvalue weighted by Crippen LogP contribution is -2.42. The summed E-state index contributed by atoms with van der Waals surface area (Å²) in [5, 5.41) is 3.39. The van der Waals surface area contributed by atoms with Gasteiger partial charge < -0.3 is 19.9 Å². The third kappa shape index (κ3) is 3.91. The molecule has 6 nitrogen and oxygen atoms in total. The Morgan fingerprint density at radius 2 is 2.35 bits per heavy atom. The van der Waals surface area contributed by atoms with Gasteiger partial charge >= 0.3 is 0 Å². The van der Waals surface area contributed by atoms with Crippen molar-refractivity contribution >= 4 is 5.91 Å². The van der Waals surface area contributed by atoms with Gasteiger partial charge in [0.2, 0.25) is 5.56 Å². The van der Waals surface area contributed by atoms with E-state index in [-0.39, 0.29) is 11.5 Å². The topological polar surface area (TPSA) is 74.4 Å². The van der Waals surface area contributed by atoms with Crippen LogP contribution in [-0.2, 0) is 4.74 Å². The monoisotopic (exact) mass is 279 g/mol. The average Bonchev–Trinajstić information content (AvgIpc) is 2.96. The standard InChI is InChI=1S/C14H21N3O3/c1-20-8-7-17(10-12-3-2-6-15-12)14(19)11-4-5-13(18)16-9-11/h4-5,9,12,15H,2-3,6-8,10H2,1H3,(H,16,18). The maximum Gasteiger partial charge on any atom is 0.255 e. The van der Waals surface area contributed by atoms with Crippen LogP contribution in [0.15, 0.2) is 23.1 Å². The number of H-pyrrole nitrogens is 1. The van der Waals surface area contributed by atoms with E-state index in [1.165, 1.54) is 12.3 Å². The lowest BCUT2D eigenvalue weighted by Gasteiger charge is -2.25. The summed E-state index contributed by atoms with van der Waals surface area (Å²) in [5.41, 5.74) is 0.293. The minimum Gasteiger partial charge on any atom is -0.383 e. The predicted molar refractivity (Wildman–Crippen MR) is 75.9 cm³/mol. The predicted octanol–water partition coefficient (Wildman–Crippen LogP) is 0.215. The highest BCUT2D eigenvalue weighted by Gasteiger charge is 2.22. The molecule has 1 aliphatic rings. The molecule has 6 heteroatoms. The second-order valence-corrected chi connectivity index (χ2v) is 4.98. The van der Waals surface area contributed by atoms with Crippen LogP contribution in [0.2, 0.25) is 0 Å². The van der Waals surface area contributed by atoms with Crippen molar-refractivity contribution in [2.45, 2.75) is 18.9 Å². The van der Waals surface area contributed by atoms with Crippen molar-refractivity contribution in [3.63, 3.8) is 0 Å². The summed E-state index contributed by atoms with van der Waals surface area (Å²) in [4.78, 5) is 27.8. The first-order valence-electron chi connectivity index (χ1n) is 6.91. The summed E-state index contributed by atoms with van der Waals surface area (Å²) in [5.74, 6) is -0.0769. The van der Waals surface area contributed by atoms with Crippen LogP contribution in [-0.4, -0.2) is 55.2 Å². The molecule has 0 radical (unpaired) electrons. The Morgan fingerprint density at radius 1 is 1.50 bits per heavy atom. The molecule has 110 valence electrons. The van der Waals surface area contributed by atoms with E-state index in [0.717, 1.165) is 19.4 Å². The molecule has 0 spiro atoms. The first-order valence-corrected chi connectivity index (χ1v) is 6.91. The SMILES string of the molecule is COCCN(CC1CCCN1)C(=O)c1ccc(=O)[nH]c1. The summed E-state index contributed by atoms with van der Waals surface area (Å²) in [6.45, 7) is 2.73. The fourth-order valence-corrected chi connectivity index (χ4v) is 2.38. The van der Waals surface area contributed by atoms with E-state index in [0.29, 0.717) is 31.3 Å². The Balaban J connectivity index is 2.05. The number of nitrogens with zero attached hydrogens (tertiary/aromatic N) is 1. The number of rotatable bonds is 6. The van der Waals surface area contributed by atoms with E-state index in [2.05, 4.69) is 10.3 Å². The molecule has 0 aromatic carbocycles. The number of ether oxygens (including phenoxy) is 1. The number of amides is 1. The summed E-state index contributed by atoms with van der Waals surface area (Å²) in [6.07, 6.45) is 3.70. The number of carbonyl (C=O) groups is 1. The number of aromatic nitrogens is 1. The third-order valence-electron chi connectivity index (χ3n) is 3.49. The zero-order valence-electron chi connectivity index (χ0n) is 11.7. The number of pyridine rings is 1. The van der Waals surface area contributed by atoms with Crippen LogP contribution < -0.4 is 10.9 Å². The molecule has 2 N–H and O–H groups in total. The molecule has 1 atom stereocenters. The van der Waals surface area contributed by atoms with Crippen molar-refractivity contribution in [2.24, 2.45) is 0 Å². The fraction of sp³-hybridized carbons (Fsp3) is 0.571. The van der Waals surface area contributed by atoms with Gasteiger partial charge in [-0.05, 0) is 25.5 Å². The average molecular weight is 279 g/mol. The molecule has 0 bridgehead atoms. The number of nitrogens with one attached hydrogen (secondary N) is 2. The smallest absolute Gasteiger partial charge is 0.255 e. The molecule has 1 amide bonds. The van der Waals surface area contributed by atoms with Crippen LogP contribution in [0.3, 0.4) is 0 Å². The second kappa shape index (κ2) is 7.21. The molecule has 2 rings (SSSR count). The van der Waals surface area contributed by atoms with Crippen molar-refractivity contribution < 1.29 is 9.53 Å². The lowest BCUT2D eigenvalue weighted by atomic mass is 10.2. The molecule has 0 aliphatic carbocycles. The van der Waals surface area contributed by atoms with Crippen molar-refractivity contribution in [3.05, 3.63) is 34.2 Å². The molecule has 1 unspecified atom stereocenters. The summed E-state index contributed by atoms with van der Waals surface area (Å²) in [7, 11) is 1.62. The van der Waals surface area contributed by atoms with E-state index < -0.39 is 0 Å². The van der Waals surface area contributed by atoms with Gasteiger partial charge in [0.15, 0.2) is 0 Å². The molecule has 2 heterocycles. The van der Waals surface area contributed by atoms with Crippen molar-refractivity contribution in [1.29, 1.82) is 0 Å². The molecular weight excluding hydrogens is 258 g/mol. The molecule has 1 aromatic heterocycles. The second-order valence-electron chi connectivity index (χ2n) is 4.98. The van der Waals surface area contributed by atoms with Crippen LogP contribution in [0.25, 0.3) is 0 Å². The van der Waals surface area contributed by atoms with Crippen molar-refractivity contribution in [2.75, 3.05) is 33.4 Å². The third-order valence-corrected chi connectivity index (χ3v) is 3.49. The zero-order valence-corrected chi connectivity index (χ0v) is 11.7. The highest BCUT2D eigenvalue weighted by molar-refractivity contribution is 5.93. The van der Waals surface area contributed by atoms with Gasteiger partial charge in [0.25, 0.3) is 5.91 Å². The van der Waals surface area contributed by atoms with Crippen LogP contribution in [0.1, 0.15) is 23.2 Å². The molecule has 20 heavy (non-hydrogen) atoms. The number of hydrogen-bond acceptors (Lipinski definition) is 4. The van der Waals surface area contributed by atoms with E-state index in [1.54, 1.807) is 18.1 Å². The maximum absolute atomic E-state index is 12.5. The first-order chi connectivity index (χ1) is 9.70. The Kier molecular flexibility index (Phi) is 5.31. The summed E-state index contributed by atoms with van der Waals surface area (Å²) >= 11 is 0. The normalized spacial score (nSPS) is 18.1. The van der Waals surface area contributed by atoms with E-state index in [9.17, 15) is 9.59 Å². The largest absolute Gasteiger partial charge is 0.383 e. The Morgan fingerprint density at radius 3 is 2.95 bits per heavy atom. The van der Waals surface area contributed by atoms with Gasteiger partial charge in [-0.2, -0.15) is 0 Å². The summed E-state index contributed by atoms with van der Waals surface area (Å²) < 4.78 is 5.07. The fourth-order valence-electron chi connectivity index (χ4n) is 2.38. The van der Waals surface area contributed by atoms with E-state index in [4.69, 9.17) is 4.74 Å². The molecule has 1 aliphatic heterocycles. The van der Waals surface area contributed by atoms with E-state index in [1.807, 2.05) is 0 Å². The van der Waals surface area contributed by atoms with Crippen LogP contribution >= 0.6 is 0 Å². The highest BCUT2D eigenvalue weighted by atomic mass is 16.5. The minimum absolute atomic E-state index is 0.0769. The highest BCUT2D eigenvalue weighted by Crippen LogP contribution is 2.09. The maximum atomic E-state index is 12.5. The Hall–Kier alpha value is -1.66. The Labute approximate surface area is 118 Å². The molecule has 0 saturated carbocycles. The van der Waals surface area contributed by atoms with Gasteiger partial charge in [-0.1, -0.05) is 0 Å². The van der Waals surface area contributed by atoms with Crippen LogP contribution in [0.5, 0.6) is 0 Å². The lowest BCUT2D eigenvalue weighted by molar-refractivity contribution is 0.0679. The van der Waals surface area contributed by atoms with Gasteiger partial charge in [0, 0.05) is 38.5 Å². The molecule has 1 fully saturated rings. The van der Waals surface area contributed by atoms with Crippen molar-refractivity contribution in [1.82, 2.24) is 15.2 Å². The number of hydrogen-bond donors (Lipinski definition) is 2. The van der Waals surface area contributed by atoms with Crippen LogP contribution in [0.4, 0.5) is 0 Å². The molecular formula is C14H21N3O3. The van der Waals surface area contributed by atoms with Crippen LogP contribution in [0, 0.1) is 0 Å². The van der Waals surface area contributed by atoms with Gasteiger partial charge in [-0.3, -0.25) is 9.59 Å². The van der Waals surface area contributed by atoms with E-state index >= 15 is 0 Å². The van der Waals surface area contributed by atoms with Gasteiger partial charge in [0.05, 0.1) is 12.2 Å². The number of carbonyl (C=O) groups excluding carboxylic acids is 1. The summed E-state index contributed by atoms with van der Waals surface area (Å²) in [6, 6.07) is 3.28. The zero-order chi connectivity index (χ0) is 14.4. The van der Waals surface area contributed by atoms with Gasteiger partial charge in [0.1, 0.15) is 0 Å². The molecule has 1 aromatic rings. The number of aromatic amines is 1. The van der Waals surface area contributed by atoms with Gasteiger partial charge in [-0.25, -0.2) is 0 Å². The minimum atomic E-state index is -0.206.